The van der Waals surface area contributed by atoms with Gasteiger partial charge < -0.3 is 20.7 Å². The van der Waals surface area contributed by atoms with Crippen LogP contribution in [0.3, 0.4) is 0 Å². The van der Waals surface area contributed by atoms with E-state index in [2.05, 4.69) is 16.0 Å². The SMILES string of the molecule is COCC(=O)Nc1cccc(NCC(=O)Nc2ccc(C)cc2)c1. The van der Waals surface area contributed by atoms with Crippen molar-refractivity contribution >= 4 is 28.9 Å². The molecule has 6 heteroatoms. The predicted octanol–water partition coefficient (Wildman–Crippen LogP) is 2.63. The standard InChI is InChI=1S/C18H21N3O3/c1-13-6-8-14(9-7-13)20-17(22)11-19-15-4-3-5-16(10-15)21-18(23)12-24-2/h3-10,19H,11-12H2,1-2H3,(H,20,22)(H,21,23). The van der Waals surface area contributed by atoms with Crippen LogP contribution in [0.2, 0.25) is 0 Å². The van der Waals surface area contributed by atoms with Gasteiger partial charge in [0.1, 0.15) is 6.61 Å². The minimum absolute atomic E-state index is 0.00336. The molecule has 0 unspecified atom stereocenters. The molecule has 2 amide bonds. The molecule has 0 bridgehead atoms. The molecule has 3 N–H and O–H groups in total. The average molecular weight is 327 g/mol. The van der Waals surface area contributed by atoms with Crippen LogP contribution in [-0.4, -0.2) is 32.1 Å². The Labute approximate surface area is 141 Å². The van der Waals surface area contributed by atoms with Crippen molar-refractivity contribution in [2.45, 2.75) is 6.92 Å². The summed E-state index contributed by atoms with van der Waals surface area (Å²) in [5.41, 5.74) is 3.27. The summed E-state index contributed by atoms with van der Waals surface area (Å²) in [4.78, 5) is 23.5. The molecule has 0 saturated heterocycles. The maximum atomic E-state index is 12.0. The molecular weight excluding hydrogens is 306 g/mol. The zero-order valence-electron chi connectivity index (χ0n) is 13.8. The van der Waals surface area contributed by atoms with E-state index in [-0.39, 0.29) is 25.0 Å². The Morgan fingerprint density at radius 2 is 1.58 bits per heavy atom. The van der Waals surface area contributed by atoms with E-state index in [9.17, 15) is 9.59 Å². The Kier molecular flexibility index (Phi) is 6.33. The molecule has 0 spiro atoms. The zero-order chi connectivity index (χ0) is 17.4. The van der Waals surface area contributed by atoms with Crippen LogP contribution in [0.25, 0.3) is 0 Å². The monoisotopic (exact) mass is 327 g/mol. The second-order valence-electron chi connectivity index (χ2n) is 5.33. The average Bonchev–Trinajstić information content (AvgIpc) is 2.56. The third-order valence-electron chi connectivity index (χ3n) is 3.21. The molecule has 0 heterocycles. The number of carbonyl (C=O) groups excluding carboxylic acids is 2. The van der Waals surface area contributed by atoms with Crippen molar-refractivity contribution in [3.63, 3.8) is 0 Å². The van der Waals surface area contributed by atoms with Gasteiger partial charge in [-0.15, -0.1) is 0 Å². The molecule has 0 aliphatic rings. The number of hydrogen-bond acceptors (Lipinski definition) is 4. The van der Waals surface area contributed by atoms with Gasteiger partial charge in [0.2, 0.25) is 11.8 Å². The van der Waals surface area contributed by atoms with Gasteiger partial charge in [0.05, 0.1) is 6.54 Å². The maximum absolute atomic E-state index is 12.0. The number of hydrogen-bond donors (Lipinski definition) is 3. The quantitative estimate of drug-likeness (QED) is 0.730. The zero-order valence-corrected chi connectivity index (χ0v) is 13.8. The molecule has 126 valence electrons. The van der Waals surface area contributed by atoms with Crippen molar-refractivity contribution in [3.05, 3.63) is 54.1 Å². The molecule has 0 aromatic heterocycles. The number of benzene rings is 2. The molecule has 0 aliphatic carbocycles. The molecule has 0 aliphatic heterocycles. The number of amides is 2. The van der Waals surface area contributed by atoms with Gasteiger partial charge in [-0.3, -0.25) is 9.59 Å². The summed E-state index contributed by atoms with van der Waals surface area (Å²) < 4.78 is 4.77. The fourth-order valence-electron chi connectivity index (χ4n) is 2.06. The lowest BCUT2D eigenvalue weighted by Crippen LogP contribution is -2.22. The van der Waals surface area contributed by atoms with Gasteiger partial charge >= 0.3 is 0 Å². The largest absolute Gasteiger partial charge is 0.376 e. The highest BCUT2D eigenvalue weighted by Gasteiger charge is 2.04. The maximum Gasteiger partial charge on any atom is 0.250 e. The molecule has 6 nitrogen and oxygen atoms in total. The minimum Gasteiger partial charge on any atom is -0.376 e. The van der Waals surface area contributed by atoms with Gasteiger partial charge in [0.25, 0.3) is 0 Å². The predicted molar refractivity (Wildman–Crippen MR) is 95.2 cm³/mol. The van der Waals surface area contributed by atoms with Gasteiger partial charge in [-0.1, -0.05) is 23.8 Å². The Morgan fingerprint density at radius 1 is 0.917 bits per heavy atom. The van der Waals surface area contributed by atoms with Crippen molar-refractivity contribution in [1.29, 1.82) is 0 Å². The van der Waals surface area contributed by atoms with E-state index in [1.54, 1.807) is 18.2 Å². The van der Waals surface area contributed by atoms with Crippen molar-refractivity contribution in [1.82, 2.24) is 0 Å². The second kappa shape index (κ2) is 8.69. The fourth-order valence-corrected chi connectivity index (χ4v) is 2.06. The van der Waals surface area contributed by atoms with Crippen molar-refractivity contribution in [2.24, 2.45) is 0 Å². The highest BCUT2D eigenvalue weighted by Crippen LogP contribution is 2.15. The first-order chi connectivity index (χ1) is 11.6. The summed E-state index contributed by atoms with van der Waals surface area (Å²) in [6.07, 6.45) is 0. The first-order valence-corrected chi connectivity index (χ1v) is 7.56. The van der Waals surface area contributed by atoms with Gasteiger partial charge in [-0.25, -0.2) is 0 Å². The molecule has 2 rings (SSSR count). The van der Waals surface area contributed by atoms with E-state index >= 15 is 0 Å². The molecule has 2 aromatic carbocycles. The Bertz CT molecular complexity index is 699. The van der Waals surface area contributed by atoms with Gasteiger partial charge in [-0.05, 0) is 37.3 Å². The first-order valence-electron chi connectivity index (χ1n) is 7.56. The van der Waals surface area contributed by atoms with Crippen LogP contribution < -0.4 is 16.0 Å². The summed E-state index contributed by atoms with van der Waals surface area (Å²) in [7, 11) is 1.46. The summed E-state index contributed by atoms with van der Waals surface area (Å²) in [6.45, 7) is 2.12. The Hall–Kier alpha value is -2.86. The summed E-state index contributed by atoms with van der Waals surface area (Å²) in [5, 5.41) is 8.55. The first kappa shape index (κ1) is 17.5. The molecule has 0 atom stereocenters. The molecular formula is C18H21N3O3. The number of nitrogens with one attached hydrogen (secondary N) is 3. The van der Waals surface area contributed by atoms with Crippen LogP contribution in [0, 0.1) is 6.92 Å². The number of carbonyl (C=O) groups is 2. The number of aryl methyl sites for hydroxylation is 1. The topological polar surface area (TPSA) is 79.5 Å². The lowest BCUT2D eigenvalue weighted by molar-refractivity contribution is -0.119. The number of rotatable bonds is 7. The lowest BCUT2D eigenvalue weighted by Gasteiger charge is -2.10. The highest BCUT2D eigenvalue weighted by molar-refractivity contribution is 5.94. The van der Waals surface area contributed by atoms with E-state index in [4.69, 9.17) is 4.74 Å². The molecule has 0 fully saturated rings. The van der Waals surface area contributed by atoms with E-state index in [0.29, 0.717) is 5.69 Å². The van der Waals surface area contributed by atoms with Crippen molar-refractivity contribution < 1.29 is 14.3 Å². The summed E-state index contributed by atoms with van der Waals surface area (Å²) in [6, 6.07) is 14.7. The molecule has 2 aromatic rings. The van der Waals surface area contributed by atoms with E-state index in [0.717, 1.165) is 16.9 Å². The van der Waals surface area contributed by atoms with Crippen LogP contribution in [0.1, 0.15) is 5.56 Å². The van der Waals surface area contributed by atoms with Crippen LogP contribution in [0.5, 0.6) is 0 Å². The third-order valence-corrected chi connectivity index (χ3v) is 3.21. The molecule has 0 saturated carbocycles. The number of anilines is 3. The number of ether oxygens (including phenoxy) is 1. The summed E-state index contributed by atoms with van der Waals surface area (Å²) in [5.74, 6) is -0.376. The highest BCUT2D eigenvalue weighted by atomic mass is 16.5. The van der Waals surface area contributed by atoms with Crippen molar-refractivity contribution in [2.75, 3.05) is 36.2 Å². The van der Waals surface area contributed by atoms with Crippen LogP contribution in [0.4, 0.5) is 17.1 Å². The summed E-state index contributed by atoms with van der Waals surface area (Å²) >= 11 is 0. The number of methoxy groups -OCH3 is 1. The van der Waals surface area contributed by atoms with Crippen LogP contribution in [0.15, 0.2) is 48.5 Å². The molecule has 0 radical (unpaired) electrons. The Morgan fingerprint density at radius 3 is 2.29 bits per heavy atom. The van der Waals surface area contributed by atoms with Gasteiger partial charge in [-0.2, -0.15) is 0 Å². The smallest absolute Gasteiger partial charge is 0.250 e. The lowest BCUT2D eigenvalue weighted by atomic mass is 10.2. The Balaban J connectivity index is 1.86. The molecule has 24 heavy (non-hydrogen) atoms. The third kappa shape index (κ3) is 5.73. The van der Waals surface area contributed by atoms with Gasteiger partial charge in [0, 0.05) is 24.2 Å². The fraction of sp³-hybridized carbons (Fsp3) is 0.222. The van der Waals surface area contributed by atoms with Crippen LogP contribution in [-0.2, 0) is 14.3 Å². The van der Waals surface area contributed by atoms with E-state index in [1.807, 2.05) is 37.3 Å². The van der Waals surface area contributed by atoms with E-state index in [1.165, 1.54) is 7.11 Å². The second-order valence-corrected chi connectivity index (χ2v) is 5.33. The van der Waals surface area contributed by atoms with E-state index < -0.39 is 0 Å². The van der Waals surface area contributed by atoms with Crippen LogP contribution >= 0.6 is 0 Å². The normalized spacial score (nSPS) is 10.1. The van der Waals surface area contributed by atoms with Gasteiger partial charge in [0.15, 0.2) is 0 Å². The van der Waals surface area contributed by atoms with Crippen molar-refractivity contribution in [3.8, 4) is 0 Å². The minimum atomic E-state index is -0.230.